The molecule has 1 aliphatic heterocycles. The Morgan fingerprint density at radius 3 is 2.29 bits per heavy atom. The molecule has 5 aliphatic rings. The molecule has 4 saturated carbocycles. The van der Waals surface area contributed by atoms with E-state index in [9.17, 15) is 4.79 Å². The van der Waals surface area contributed by atoms with Gasteiger partial charge in [-0.05, 0) is 68.5 Å². The molecule has 1 unspecified atom stereocenters. The summed E-state index contributed by atoms with van der Waals surface area (Å²) in [7, 11) is 1.79. The molecule has 0 spiro atoms. The van der Waals surface area contributed by atoms with Crippen molar-refractivity contribution in [3.63, 3.8) is 0 Å². The normalized spacial score (nSPS) is 47.8. The Morgan fingerprint density at radius 1 is 1.19 bits per heavy atom. The van der Waals surface area contributed by atoms with E-state index < -0.39 is 0 Å². The minimum Gasteiger partial charge on any atom is -0.376 e. The van der Waals surface area contributed by atoms with Crippen LogP contribution in [0.25, 0.3) is 0 Å². The maximum absolute atomic E-state index is 12.9. The zero-order valence-corrected chi connectivity index (χ0v) is 13.8. The number of thioether (sulfide) groups is 1. The second-order valence-corrected chi connectivity index (χ2v) is 9.18. The summed E-state index contributed by atoms with van der Waals surface area (Å²) < 4.78 is 5.73. The highest BCUT2D eigenvalue weighted by atomic mass is 32.2. The minimum absolute atomic E-state index is 0.0184. The maximum Gasteiger partial charge on any atom is 0.226 e. The Morgan fingerprint density at radius 2 is 1.81 bits per heavy atom. The van der Waals surface area contributed by atoms with Crippen LogP contribution in [0, 0.1) is 23.2 Å². The molecule has 1 amide bonds. The Kier molecular flexibility index (Phi) is 3.53. The van der Waals surface area contributed by atoms with Crippen LogP contribution in [-0.2, 0) is 9.53 Å². The molecule has 118 valence electrons. The second-order valence-electron chi connectivity index (χ2n) is 8.07. The first-order chi connectivity index (χ1) is 10.1. The molecule has 0 aromatic rings. The molecule has 4 heteroatoms. The zero-order chi connectivity index (χ0) is 14.5. The molecule has 1 N–H and O–H groups in total. The van der Waals surface area contributed by atoms with Crippen molar-refractivity contribution in [3.8, 4) is 0 Å². The van der Waals surface area contributed by atoms with Gasteiger partial charge in [0.2, 0.25) is 5.91 Å². The summed E-state index contributed by atoms with van der Waals surface area (Å²) in [5, 5.41) is 3.30. The molecule has 1 heterocycles. The molecule has 4 aliphatic carbocycles. The second kappa shape index (κ2) is 5.16. The topological polar surface area (TPSA) is 38.3 Å². The Hall–Kier alpha value is -0.220. The third-order valence-electron chi connectivity index (χ3n) is 6.59. The van der Waals surface area contributed by atoms with Gasteiger partial charge in [0, 0.05) is 24.8 Å². The van der Waals surface area contributed by atoms with Crippen molar-refractivity contribution in [1.82, 2.24) is 5.32 Å². The van der Waals surface area contributed by atoms with Crippen LogP contribution in [0.5, 0.6) is 0 Å². The third-order valence-corrected chi connectivity index (χ3v) is 7.81. The van der Waals surface area contributed by atoms with Gasteiger partial charge in [0.25, 0.3) is 0 Å². The standard InChI is InChI=1S/C17H27NO2S/c1-20-17(2-3-21-11-17)10-18-15(19)16-7-12-4-13(8-16)6-14(5-12)9-16/h12-14H,2-11H2,1H3,(H,18,19). The van der Waals surface area contributed by atoms with Gasteiger partial charge in [0.15, 0.2) is 0 Å². The van der Waals surface area contributed by atoms with E-state index in [0.717, 1.165) is 54.9 Å². The number of hydrogen-bond donors (Lipinski definition) is 1. The van der Waals surface area contributed by atoms with E-state index in [2.05, 4.69) is 5.32 Å². The van der Waals surface area contributed by atoms with E-state index in [4.69, 9.17) is 4.74 Å². The Labute approximate surface area is 132 Å². The fraction of sp³-hybridized carbons (Fsp3) is 0.941. The smallest absolute Gasteiger partial charge is 0.226 e. The lowest BCUT2D eigenvalue weighted by Gasteiger charge is -2.55. The van der Waals surface area contributed by atoms with Gasteiger partial charge in [-0.25, -0.2) is 0 Å². The zero-order valence-electron chi connectivity index (χ0n) is 13.0. The number of hydrogen-bond acceptors (Lipinski definition) is 3. The van der Waals surface area contributed by atoms with E-state index in [-0.39, 0.29) is 11.0 Å². The lowest BCUT2D eigenvalue weighted by molar-refractivity contribution is -0.147. The number of rotatable bonds is 4. The Balaban J connectivity index is 1.43. The van der Waals surface area contributed by atoms with Gasteiger partial charge >= 0.3 is 0 Å². The molecular formula is C17H27NO2S. The van der Waals surface area contributed by atoms with Crippen LogP contribution in [0.2, 0.25) is 0 Å². The lowest BCUT2D eigenvalue weighted by atomic mass is 9.49. The fourth-order valence-corrected chi connectivity index (χ4v) is 7.18. The molecule has 3 nitrogen and oxygen atoms in total. The highest BCUT2D eigenvalue weighted by molar-refractivity contribution is 7.99. The van der Waals surface area contributed by atoms with Gasteiger partial charge in [-0.2, -0.15) is 11.8 Å². The minimum atomic E-state index is -0.109. The molecule has 5 fully saturated rings. The number of ether oxygens (including phenoxy) is 1. The van der Waals surface area contributed by atoms with Crippen molar-refractivity contribution in [2.24, 2.45) is 23.2 Å². The summed E-state index contributed by atoms with van der Waals surface area (Å²) in [4.78, 5) is 12.9. The van der Waals surface area contributed by atoms with Crippen LogP contribution in [0.15, 0.2) is 0 Å². The third kappa shape index (κ3) is 2.42. The average molecular weight is 309 g/mol. The van der Waals surface area contributed by atoms with Gasteiger partial charge in [-0.15, -0.1) is 0 Å². The number of nitrogens with one attached hydrogen (secondary N) is 1. The largest absolute Gasteiger partial charge is 0.376 e. The van der Waals surface area contributed by atoms with Crippen LogP contribution in [0.4, 0.5) is 0 Å². The summed E-state index contributed by atoms with van der Waals surface area (Å²) in [6.07, 6.45) is 8.70. The maximum atomic E-state index is 12.9. The number of carbonyl (C=O) groups is 1. The molecule has 0 radical (unpaired) electrons. The van der Waals surface area contributed by atoms with Crippen LogP contribution >= 0.6 is 11.8 Å². The molecule has 0 aromatic carbocycles. The predicted molar refractivity (Wildman–Crippen MR) is 85.3 cm³/mol. The van der Waals surface area contributed by atoms with Crippen molar-refractivity contribution in [2.75, 3.05) is 25.2 Å². The SMILES string of the molecule is COC1(CNC(=O)C23CC4CC(CC(C4)C2)C3)CCSC1. The van der Waals surface area contributed by atoms with Gasteiger partial charge in [-0.1, -0.05) is 0 Å². The lowest BCUT2D eigenvalue weighted by Crippen LogP contribution is -2.56. The quantitative estimate of drug-likeness (QED) is 0.868. The van der Waals surface area contributed by atoms with Gasteiger partial charge in [0.05, 0.1) is 5.60 Å². The van der Waals surface area contributed by atoms with Crippen molar-refractivity contribution in [3.05, 3.63) is 0 Å². The number of methoxy groups -OCH3 is 1. The molecule has 5 rings (SSSR count). The van der Waals surface area contributed by atoms with Crippen LogP contribution in [-0.4, -0.2) is 36.7 Å². The molecule has 0 aromatic heterocycles. The number of carbonyl (C=O) groups excluding carboxylic acids is 1. The first-order valence-corrected chi connectivity index (χ1v) is 9.70. The van der Waals surface area contributed by atoms with Crippen molar-refractivity contribution in [1.29, 1.82) is 0 Å². The van der Waals surface area contributed by atoms with E-state index in [1.807, 2.05) is 11.8 Å². The van der Waals surface area contributed by atoms with E-state index in [0.29, 0.717) is 12.5 Å². The summed E-state index contributed by atoms with van der Waals surface area (Å²) >= 11 is 1.94. The monoisotopic (exact) mass is 309 g/mol. The first-order valence-electron chi connectivity index (χ1n) is 8.54. The molecular weight excluding hydrogens is 282 g/mol. The summed E-state index contributed by atoms with van der Waals surface area (Å²) in [6.45, 7) is 0.705. The summed E-state index contributed by atoms with van der Waals surface area (Å²) in [5.74, 6) is 5.02. The molecule has 1 atom stereocenters. The van der Waals surface area contributed by atoms with Crippen molar-refractivity contribution < 1.29 is 9.53 Å². The van der Waals surface area contributed by atoms with Crippen LogP contribution in [0.3, 0.4) is 0 Å². The van der Waals surface area contributed by atoms with Crippen LogP contribution in [0.1, 0.15) is 44.9 Å². The highest BCUT2D eigenvalue weighted by Crippen LogP contribution is 2.60. The van der Waals surface area contributed by atoms with Crippen molar-refractivity contribution in [2.45, 2.75) is 50.5 Å². The fourth-order valence-electron chi connectivity index (χ4n) is 5.78. The van der Waals surface area contributed by atoms with Gasteiger partial charge < -0.3 is 10.1 Å². The predicted octanol–water partition coefficient (Wildman–Crippen LogP) is 2.84. The number of amides is 1. The van der Waals surface area contributed by atoms with E-state index in [1.54, 1.807) is 7.11 Å². The average Bonchev–Trinajstić information content (AvgIpc) is 2.93. The molecule has 21 heavy (non-hydrogen) atoms. The van der Waals surface area contributed by atoms with Crippen LogP contribution < -0.4 is 5.32 Å². The Bertz CT molecular complexity index is 395. The molecule has 4 bridgehead atoms. The van der Waals surface area contributed by atoms with Crippen molar-refractivity contribution >= 4 is 17.7 Å². The van der Waals surface area contributed by atoms with Gasteiger partial charge in [0.1, 0.15) is 0 Å². The van der Waals surface area contributed by atoms with Gasteiger partial charge in [-0.3, -0.25) is 4.79 Å². The summed E-state index contributed by atoms with van der Waals surface area (Å²) in [6, 6.07) is 0. The first kappa shape index (κ1) is 14.4. The summed E-state index contributed by atoms with van der Waals surface area (Å²) in [5.41, 5.74) is -0.127. The molecule has 1 saturated heterocycles. The highest BCUT2D eigenvalue weighted by Gasteiger charge is 2.54. The van der Waals surface area contributed by atoms with E-state index >= 15 is 0 Å². The van der Waals surface area contributed by atoms with E-state index in [1.165, 1.54) is 19.3 Å².